The summed E-state index contributed by atoms with van der Waals surface area (Å²) >= 11 is 0. The van der Waals surface area contributed by atoms with Crippen LogP contribution >= 0.6 is 0 Å². The number of hydrogen-bond donors (Lipinski definition) is 1. The SMILES string of the molecule is CC(=O)C1CNC(=O)C1=O. The molecule has 0 spiro atoms. The van der Waals surface area contributed by atoms with E-state index >= 15 is 0 Å². The lowest BCUT2D eigenvalue weighted by atomic mass is 10.0. The van der Waals surface area contributed by atoms with Crippen molar-refractivity contribution in [1.82, 2.24) is 5.32 Å². The van der Waals surface area contributed by atoms with Crippen molar-refractivity contribution >= 4 is 17.5 Å². The van der Waals surface area contributed by atoms with Gasteiger partial charge in [-0.25, -0.2) is 0 Å². The molecule has 0 aromatic rings. The van der Waals surface area contributed by atoms with Gasteiger partial charge in [-0.2, -0.15) is 0 Å². The van der Waals surface area contributed by atoms with Gasteiger partial charge >= 0.3 is 0 Å². The highest BCUT2D eigenvalue weighted by Crippen LogP contribution is 2.04. The molecule has 1 rings (SSSR count). The third-order valence-corrected chi connectivity index (χ3v) is 1.50. The zero-order valence-corrected chi connectivity index (χ0v) is 5.51. The van der Waals surface area contributed by atoms with Gasteiger partial charge in [0.25, 0.3) is 5.91 Å². The number of Topliss-reactive ketones (excluding diaryl/α,β-unsaturated/α-hetero) is 2. The maximum Gasteiger partial charge on any atom is 0.288 e. The molecule has 0 radical (unpaired) electrons. The van der Waals surface area contributed by atoms with Gasteiger partial charge in [-0.05, 0) is 6.92 Å². The van der Waals surface area contributed by atoms with Crippen LogP contribution in [0.2, 0.25) is 0 Å². The number of amides is 1. The highest BCUT2D eigenvalue weighted by molar-refractivity contribution is 6.42. The van der Waals surface area contributed by atoms with Crippen LogP contribution < -0.4 is 5.32 Å². The maximum absolute atomic E-state index is 10.7. The van der Waals surface area contributed by atoms with Gasteiger partial charge in [0, 0.05) is 6.54 Å². The van der Waals surface area contributed by atoms with E-state index in [1.807, 2.05) is 0 Å². The van der Waals surface area contributed by atoms with Crippen molar-refractivity contribution in [2.75, 3.05) is 6.54 Å². The lowest BCUT2D eigenvalue weighted by Gasteiger charge is -1.95. The van der Waals surface area contributed by atoms with Crippen molar-refractivity contribution in [3.05, 3.63) is 0 Å². The molecule has 1 aliphatic heterocycles. The van der Waals surface area contributed by atoms with Crippen LogP contribution in [0, 0.1) is 5.92 Å². The van der Waals surface area contributed by atoms with Gasteiger partial charge < -0.3 is 5.32 Å². The fraction of sp³-hybridized carbons (Fsp3) is 0.500. The fourth-order valence-electron chi connectivity index (χ4n) is 0.861. The summed E-state index contributed by atoms with van der Waals surface area (Å²) in [5.74, 6) is -2.22. The second-order valence-corrected chi connectivity index (χ2v) is 2.24. The average Bonchev–Trinajstić information content (AvgIpc) is 2.14. The van der Waals surface area contributed by atoms with E-state index in [0.717, 1.165) is 0 Å². The molecule has 1 unspecified atom stereocenters. The molecule has 54 valence electrons. The predicted octanol–water partition coefficient (Wildman–Crippen LogP) is -1.11. The molecular weight excluding hydrogens is 134 g/mol. The van der Waals surface area contributed by atoms with Crippen molar-refractivity contribution in [3.63, 3.8) is 0 Å². The number of carbonyl (C=O) groups excluding carboxylic acids is 3. The van der Waals surface area contributed by atoms with Crippen LogP contribution in [0.4, 0.5) is 0 Å². The van der Waals surface area contributed by atoms with Gasteiger partial charge in [0.2, 0.25) is 5.78 Å². The zero-order chi connectivity index (χ0) is 7.72. The smallest absolute Gasteiger partial charge is 0.288 e. The highest BCUT2D eigenvalue weighted by Gasteiger charge is 2.35. The topological polar surface area (TPSA) is 63.2 Å². The Labute approximate surface area is 57.6 Å². The van der Waals surface area contributed by atoms with E-state index in [1.165, 1.54) is 6.92 Å². The van der Waals surface area contributed by atoms with Crippen LogP contribution in [-0.4, -0.2) is 24.0 Å². The molecule has 1 amide bonds. The van der Waals surface area contributed by atoms with Crippen LogP contribution in [0.1, 0.15) is 6.92 Å². The molecule has 1 heterocycles. The van der Waals surface area contributed by atoms with Crippen molar-refractivity contribution in [1.29, 1.82) is 0 Å². The summed E-state index contributed by atoms with van der Waals surface area (Å²) in [4.78, 5) is 31.8. The molecule has 1 aliphatic rings. The Morgan fingerprint density at radius 3 is 2.40 bits per heavy atom. The van der Waals surface area contributed by atoms with E-state index < -0.39 is 17.6 Å². The number of nitrogens with one attached hydrogen (secondary N) is 1. The first-order valence-corrected chi connectivity index (χ1v) is 2.95. The summed E-state index contributed by atoms with van der Waals surface area (Å²) in [6, 6.07) is 0. The Bertz CT molecular complexity index is 209. The van der Waals surface area contributed by atoms with Gasteiger partial charge in [-0.15, -0.1) is 0 Å². The van der Waals surface area contributed by atoms with Crippen molar-refractivity contribution in [2.24, 2.45) is 5.92 Å². The number of ketones is 2. The number of carbonyl (C=O) groups is 3. The molecule has 10 heavy (non-hydrogen) atoms. The molecule has 1 N–H and O–H groups in total. The summed E-state index contributed by atoms with van der Waals surface area (Å²) in [7, 11) is 0. The summed E-state index contributed by atoms with van der Waals surface area (Å²) in [5, 5.41) is 2.29. The van der Waals surface area contributed by atoms with Gasteiger partial charge in [0.05, 0.1) is 0 Å². The molecule has 0 bridgehead atoms. The van der Waals surface area contributed by atoms with Crippen molar-refractivity contribution in [3.8, 4) is 0 Å². The highest BCUT2D eigenvalue weighted by atomic mass is 16.2. The summed E-state index contributed by atoms with van der Waals surface area (Å²) in [6.07, 6.45) is 0. The van der Waals surface area contributed by atoms with Crippen LogP contribution in [0.5, 0.6) is 0 Å². The van der Waals surface area contributed by atoms with Crippen LogP contribution in [0.3, 0.4) is 0 Å². The lowest BCUT2D eigenvalue weighted by molar-refractivity contribution is -0.139. The van der Waals surface area contributed by atoms with E-state index in [-0.39, 0.29) is 12.3 Å². The first-order valence-electron chi connectivity index (χ1n) is 2.95. The summed E-state index contributed by atoms with van der Waals surface area (Å²) < 4.78 is 0. The first kappa shape index (κ1) is 6.92. The maximum atomic E-state index is 10.7. The van der Waals surface area contributed by atoms with E-state index in [9.17, 15) is 14.4 Å². The minimum Gasteiger partial charge on any atom is -0.348 e. The molecule has 0 saturated carbocycles. The van der Waals surface area contributed by atoms with E-state index in [2.05, 4.69) is 5.32 Å². The van der Waals surface area contributed by atoms with E-state index in [4.69, 9.17) is 0 Å². The third-order valence-electron chi connectivity index (χ3n) is 1.50. The van der Waals surface area contributed by atoms with Gasteiger partial charge in [-0.3, -0.25) is 14.4 Å². The van der Waals surface area contributed by atoms with Crippen LogP contribution in [0.25, 0.3) is 0 Å². The molecule has 4 nitrogen and oxygen atoms in total. The first-order chi connectivity index (χ1) is 4.63. The van der Waals surface area contributed by atoms with E-state index in [0.29, 0.717) is 0 Å². The van der Waals surface area contributed by atoms with Crippen LogP contribution in [0.15, 0.2) is 0 Å². The molecule has 0 aromatic heterocycles. The zero-order valence-electron chi connectivity index (χ0n) is 5.51. The Balaban J connectivity index is 2.76. The Morgan fingerprint density at radius 2 is 2.20 bits per heavy atom. The Hall–Kier alpha value is -1.19. The van der Waals surface area contributed by atoms with E-state index in [1.54, 1.807) is 0 Å². The third kappa shape index (κ3) is 0.920. The van der Waals surface area contributed by atoms with Crippen LogP contribution in [-0.2, 0) is 14.4 Å². The minimum atomic E-state index is -0.729. The van der Waals surface area contributed by atoms with Crippen molar-refractivity contribution < 1.29 is 14.4 Å². The quantitative estimate of drug-likeness (QED) is 0.372. The predicted molar refractivity (Wildman–Crippen MR) is 32.2 cm³/mol. The number of rotatable bonds is 1. The second-order valence-electron chi connectivity index (χ2n) is 2.24. The van der Waals surface area contributed by atoms with Gasteiger partial charge in [0.1, 0.15) is 11.7 Å². The fourth-order valence-corrected chi connectivity index (χ4v) is 0.861. The average molecular weight is 141 g/mol. The minimum absolute atomic E-state index is 0.174. The number of hydrogen-bond acceptors (Lipinski definition) is 3. The summed E-state index contributed by atoms with van der Waals surface area (Å²) in [6.45, 7) is 1.48. The second kappa shape index (κ2) is 2.21. The standard InChI is InChI=1S/C6H7NO3/c1-3(8)4-2-7-6(10)5(4)9/h4H,2H2,1H3,(H,7,10). The molecule has 1 fully saturated rings. The summed E-state index contributed by atoms with van der Waals surface area (Å²) in [5.41, 5.74) is 0. The Morgan fingerprint density at radius 1 is 1.60 bits per heavy atom. The lowest BCUT2D eigenvalue weighted by Crippen LogP contribution is -2.21. The molecule has 1 saturated heterocycles. The normalized spacial score (nSPS) is 24.7. The molecule has 0 aliphatic carbocycles. The molecule has 1 atom stereocenters. The van der Waals surface area contributed by atoms with Gasteiger partial charge in [0.15, 0.2) is 0 Å². The molecule has 0 aromatic carbocycles. The monoisotopic (exact) mass is 141 g/mol. The Kier molecular flexibility index (Phi) is 1.53. The largest absolute Gasteiger partial charge is 0.348 e. The molecule has 4 heteroatoms. The molecular formula is C6H7NO3. The van der Waals surface area contributed by atoms with Crippen molar-refractivity contribution in [2.45, 2.75) is 6.92 Å². The van der Waals surface area contributed by atoms with Gasteiger partial charge in [-0.1, -0.05) is 0 Å².